The molecule has 1 unspecified atom stereocenters. The molecule has 0 bridgehead atoms. The van der Waals surface area contributed by atoms with Crippen molar-refractivity contribution in [3.63, 3.8) is 0 Å². The first kappa shape index (κ1) is 31.9. The summed E-state index contributed by atoms with van der Waals surface area (Å²) in [6, 6.07) is 5.90. The third-order valence-electron chi connectivity index (χ3n) is 7.16. The van der Waals surface area contributed by atoms with E-state index in [0.717, 1.165) is 16.5 Å². The number of aromatic amines is 1. The quantitative estimate of drug-likeness (QED) is 0.349. The lowest BCUT2D eigenvalue weighted by Crippen LogP contribution is -2.54. The second-order valence-corrected chi connectivity index (χ2v) is 11.5. The van der Waals surface area contributed by atoms with Gasteiger partial charge >= 0.3 is 12.1 Å². The van der Waals surface area contributed by atoms with Crippen LogP contribution in [0.3, 0.4) is 0 Å². The topological polar surface area (TPSA) is 139 Å². The first-order valence-electron chi connectivity index (χ1n) is 14.3. The van der Waals surface area contributed by atoms with Crippen LogP contribution in [0.1, 0.15) is 65.9 Å². The molecule has 2 heterocycles. The molecule has 0 aliphatic carbocycles. The summed E-state index contributed by atoms with van der Waals surface area (Å²) in [5.74, 6) is -1.57. The third kappa shape index (κ3) is 8.94. The summed E-state index contributed by atoms with van der Waals surface area (Å²) in [5, 5.41) is 6.59. The van der Waals surface area contributed by atoms with E-state index < -0.39 is 41.9 Å². The van der Waals surface area contributed by atoms with Crippen LogP contribution in [0.4, 0.5) is 4.79 Å². The average Bonchev–Trinajstić information content (AvgIpc) is 3.35. The monoisotopic (exact) mass is 572 g/mol. The minimum absolute atomic E-state index is 0.0213. The van der Waals surface area contributed by atoms with Crippen LogP contribution < -0.4 is 10.6 Å². The number of fused-ring (bicyclic) bond motifs is 1. The highest BCUT2D eigenvalue weighted by molar-refractivity contribution is 5.92. The molecule has 1 aliphatic heterocycles. The predicted octanol–water partition coefficient (Wildman–Crippen LogP) is 3.66. The fourth-order valence-electron chi connectivity index (χ4n) is 4.76. The second kappa shape index (κ2) is 14.3. The molecule has 0 spiro atoms. The number of carbonyl (C=O) groups excluding carboxylic acids is 4. The van der Waals surface area contributed by atoms with E-state index in [2.05, 4.69) is 15.6 Å². The van der Waals surface area contributed by atoms with Crippen molar-refractivity contribution in [3.05, 3.63) is 36.0 Å². The van der Waals surface area contributed by atoms with E-state index in [4.69, 9.17) is 14.2 Å². The number of nitrogens with zero attached hydrogens (tertiary/aromatic N) is 1. The van der Waals surface area contributed by atoms with Gasteiger partial charge < -0.3 is 29.8 Å². The van der Waals surface area contributed by atoms with Gasteiger partial charge in [0.05, 0.1) is 13.7 Å². The zero-order valence-electron chi connectivity index (χ0n) is 25.0. The van der Waals surface area contributed by atoms with Gasteiger partial charge in [0.25, 0.3) is 0 Å². The lowest BCUT2D eigenvalue weighted by atomic mass is 9.98. The second-order valence-electron chi connectivity index (χ2n) is 11.5. The average molecular weight is 573 g/mol. The van der Waals surface area contributed by atoms with Gasteiger partial charge in [-0.25, -0.2) is 9.59 Å². The summed E-state index contributed by atoms with van der Waals surface area (Å²) in [6.07, 6.45) is 2.51. The van der Waals surface area contributed by atoms with Gasteiger partial charge in [-0.15, -0.1) is 0 Å². The minimum atomic E-state index is -0.952. The zero-order chi connectivity index (χ0) is 30.2. The van der Waals surface area contributed by atoms with E-state index >= 15 is 0 Å². The molecule has 1 aromatic heterocycles. The van der Waals surface area contributed by atoms with Crippen molar-refractivity contribution in [2.24, 2.45) is 5.92 Å². The van der Waals surface area contributed by atoms with E-state index in [0.29, 0.717) is 26.0 Å². The lowest BCUT2D eigenvalue weighted by molar-refractivity contribution is -0.147. The maximum Gasteiger partial charge on any atom is 0.412 e. The van der Waals surface area contributed by atoms with E-state index in [1.54, 1.807) is 20.8 Å². The Hall–Kier alpha value is -3.60. The highest BCUT2D eigenvalue weighted by Crippen LogP contribution is 2.21. The van der Waals surface area contributed by atoms with Crippen molar-refractivity contribution in [1.29, 1.82) is 0 Å². The minimum Gasteiger partial charge on any atom is -0.467 e. The number of carbonyl (C=O) groups is 4. The smallest absolute Gasteiger partial charge is 0.412 e. The Bertz CT molecular complexity index is 1200. The standard InChI is InChI=1S/C30H44N4O7/c1-7-19(2)26(28(37)39-6)33-27(36)23(17-20-18-31-22-12-9-8-11-21(20)22)32-24(35)13-14-25-34(15-10-16-40-25)29(38)41-30(3,4)5/h8-9,11-12,18-19,23,25-26,31H,7,10,13-17H2,1-6H3,(H,32,35)(H,33,36)/t19-,23-,25?,26-/m0/s1. The highest BCUT2D eigenvalue weighted by atomic mass is 16.6. The van der Waals surface area contributed by atoms with Gasteiger partial charge in [0.2, 0.25) is 11.8 Å². The van der Waals surface area contributed by atoms with Gasteiger partial charge in [0.1, 0.15) is 23.9 Å². The van der Waals surface area contributed by atoms with E-state index in [-0.39, 0.29) is 31.1 Å². The summed E-state index contributed by atoms with van der Waals surface area (Å²) < 4.78 is 16.2. The van der Waals surface area contributed by atoms with Crippen LogP contribution in [0, 0.1) is 5.92 Å². The van der Waals surface area contributed by atoms with Crippen LogP contribution in [0.25, 0.3) is 10.9 Å². The van der Waals surface area contributed by atoms with Gasteiger partial charge in [-0.2, -0.15) is 0 Å². The van der Waals surface area contributed by atoms with E-state index in [1.165, 1.54) is 12.0 Å². The molecule has 1 fully saturated rings. The fraction of sp³-hybridized carbons (Fsp3) is 0.600. The molecule has 3 rings (SSSR count). The molecule has 0 radical (unpaired) electrons. The first-order valence-corrected chi connectivity index (χ1v) is 14.3. The Morgan fingerprint density at radius 2 is 1.90 bits per heavy atom. The molecule has 3 amide bonds. The summed E-state index contributed by atoms with van der Waals surface area (Å²) >= 11 is 0. The molecule has 2 aromatic rings. The summed E-state index contributed by atoms with van der Waals surface area (Å²) in [7, 11) is 1.28. The van der Waals surface area contributed by atoms with Gasteiger partial charge in [-0.3, -0.25) is 14.5 Å². The molecule has 1 saturated heterocycles. The first-order chi connectivity index (χ1) is 19.4. The zero-order valence-corrected chi connectivity index (χ0v) is 25.0. The Morgan fingerprint density at radius 1 is 1.17 bits per heavy atom. The number of methoxy groups -OCH3 is 1. The molecule has 1 aromatic carbocycles. The largest absolute Gasteiger partial charge is 0.467 e. The number of amides is 3. The van der Waals surface area contributed by atoms with Crippen LogP contribution in [0.5, 0.6) is 0 Å². The van der Waals surface area contributed by atoms with Crippen LogP contribution in [0.2, 0.25) is 0 Å². The summed E-state index contributed by atoms with van der Waals surface area (Å²) in [6.45, 7) is 10.1. The van der Waals surface area contributed by atoms with Crippen molar-refractivity contribution >= 4 is 34.8 Å². The van der Waals surface area contributed by atoms with Crippen LogP contribution in [-0.2, 0) is 35.0 Å². The molecular formula is C30H44N4O7. The fourth-order valence-corrected chi connectivity index (χ4v) is 4.76. The van der Waals surface area contributed by atoms with Gasteiger partial charge in [-0.1, -0.05) is 38.5 Å². The van der Waals surface area contributed by atoms with Gasteiger partial charge in [0.15, 0.2) is 0 Å². The number of esters is 1. The third-order valence-corrected chi connectivity index (χ3v) is 7.16. The molecule has 1 aliphatic rings. The number of ether oxygens (including phenoxy) is 3. The Morgan fingerprint density at radius 3 is 2.59 bits per heavy atom. The van der Waals surface area contributed by atoms with E-state index in [9.17, 15) is 19.2 Å². The Kier molecular flexibility index (Phi) is 11.2. The number of nitrogens with one attached hydrogen (secondary N) is 3. The van der Waals surface area contributed by atoms with Crippen molar-refractivity contribution in [1.82, 2.24) is 20.5 Å². The maximum atomic E-state index is 13.5. The highest BCUT2D eigenvalue weighted by Gasteiger charge is 2.33. The number of benzene rings is 1. The van der Waals surface area contributed by atoms with Crippen LogP contribution in [-0.4, -0.2) is 77.9 Å². The van der Waals surface area contributed by atoms with E-state index in [1.807, 2.05) is 44.3 Å². The Labute approximate surface area is 241 Å². The molecule has 3 N–H and O–H groups in total. The van der Waals surface area contributed by atoms with Crippen molar-refractivity contribution < 1.29 is 33.4 Å². The van der Waals surface area contributed by atoms with Crippen molar-refractivity contribution in [3.8, 4) is 0 Å². The SMILES string of the molecule is CC[C@H](C)[C@H](NC(=O)[C@H](Cc1c[nH]c2ccccc12)NC(=O)CCC1OCCCN1C(=O)OC(C)(C)C)C(=O)OC. The molecule has 0 saturated carbocycles. The Balaban J connectivity index is 1.74. The number of hydrogen-bond donors (Lipinski definition) is 3. The number of rotatable bonds is 11. The lowest BCUT2D eigenvalue weighted by Gasteiger charge is -2.36. The summed E-state index contributed by atoms with van der Waals surface area (Å²) in [4.78, 5) is 56.6. The van der Waals surface area contributed by atoms with Gasteiger partial charge in [-0.05, 0) is 44.7 Å². The van der Waals surface area contributed by atoms with Crippen molar-refractivity contribution in [2.45, 2.75) is 90.6 Å². The summed E-state index contributed by atoms with van der Waals surface area (Å²) in [5.41, 5.74) is 1.11. The van der Waals surface area contributed by atoms with Gasteiger partial charge in [0, 0.05) is 42.9 Å². The van der Waals surface area contributed by atoms with Crippen LogP contribution in [0.15, 0.2) is 30.5 Å². The molecule has 41 heavy (non-hydrogen) atoms. The molecule has 226 valence electrons. The number of hydrogen-bond acceptors (Lipinski definition) is 7. The molecule has 11 heteroatoms. The number of H-pyrrole nitrogens is 1. The predicted molar refractivity (Wildman–Crippen MR) is 154 cm³/mol. The molecular weight excluding hydrogens is 528 g/mol. The maximum absolute atomic E-state index is 13.5. The van der Waals surface area contributed by atoms with Crippen molar-refractivity contribution in [2.75, 3.05) is 20.3 Å². The number of para-hydroxylation sites is 1. The molecule has 11 nitrogen and oxygen atoms in total. The van der Waals surface area contributed by atoms with Crippen LogP contribution >= 0.6 is 0 Å². The number of aromatic nitrogens is 1. The molecule has 4 atom stereocenters. The normalized spacial score (nSPS) is 17.8.